The first-order valence-corrected chi connectivity index (χ1v) is 5.69. The van der Waals surface area contributed by atoms with Gasteiger partial charge in [0.1, 0.15) is 0 Å². The third kappa shape index (κ3) is 2.06. The molecule has 1 aromatic rings. The van der Waals surface area contributed by atoms with Crippen molar-refractivity contribution in [3.8, 4) is 0 Å². The van der Waals surface area contributed by atoms with E-state index in [2.05, 4.69) is 43.1 Å². The van der Waals surface area contributed by atoms with Crippen molar-refractivity contribution < 1.29 is 0 Å². The van der Waals surface area contributed by atoms with Gasteiger partial charge in [-0.1, -0.05) is 29.8 Å². The monoisotopic (exact) mass is 204 g/mol. The Balaban J connectivity index is 2.28. The molecule has 2 rings (SSSR count). The fourth-order valence-corrected chi connectivity index (χ4v) is 2.65. The lowest BCUT2D eigenvalue weighted by Crippen LogP contribution is -2.25. The Morgan fingerprint density at radius 3 is 2.93 bits per heavy atom. The van der Waals surface area contributed by atoms with E-state index >= 15 is 0 Å². The zero-order valence-electron chi connectivity index (χ0n) is 9.61. The fourth-order valence-electron chi connectivity index (χ4n) is 2.65. The summed E-state index contributed by atoms with van der Waals surface area (Å²) in [6.45, 7) is 4.11. The number of hydrogen-bond acceptors (Lipinski definition) is 2. The van der Waals surface area contributed by atoms with Crippen LogP contribution in [0.1, 0.15) is 23.6 Å². The maximum atomic E-state index is 5.84. The zero-order chi connectivity index (χ0) is 10.8. The lowest BCUT2D eigenvalue weighted by atomic mass is 9.93. The molecule has 15 heavy (non-hydrogen) atoms. The van der Waals surface area contributed by atoms with E-state index < -0.39 is 0 Å². The van der Waals surface area contributed by atoms with E-state index in [0.29, 0.717) is 12.0 Å². The van der Waals surface area contributed by atoms with Crippen LogP contribution in [0.4, 0.5) is 0 Å². The van der Waals surface area contributed by atoms with Crippen LogP contribution in [0.2, 0.25) is 0 Å². The minimum Gasteiger partial charge on any atom is -0.330 e. The Bertz CT molecular complexity index is 335. The summed E-state index contributed by atoms with van der Waals surface area (Å²) in [5.41, 5.74) is 8.59. The van der Waals surface area contributed by atoms with Crippen molar-refractivity contribution in [2.24, 2.45) is 11.7 Å². The Labute approximate surface area is 92.1 Å². The minimum atomic E-state index is 0.523. The topological polar surface area (TPSA) is 29.3 Å². The van der Waals surface area contributed by atoms with Gasteiger partial charge in [-0.05, 0) is 45.0 Å². The highest BCUT2D eigenvalue weighted by Gasteiger charge is 2.31. The number of rotatable bonds is 2. The summed E-state index contributed by atoms with van der Waals surface area (Å²) in [5, 5.41) is 0. The molecule has 0 aromatic heterocycles. The highest BCUT2D eigenvalue weighted by molar-refractivity contribution is 5.26. The summed E-state index contributed by atoms with van der Waals surface area (Å²) in [6.07, 6.45) is 1.23. The van der Waals surface area contributed by atoms with Crippen LogP contribution in [0.15, 0.2) is 24.3 Å². The number of benzene rings is 1. The quantitative estimate of drug-likeness (QED) is 0.797. The Kier molecular flexibility index (Phi) is 3.08. The molecule has 1 heterocycles. The van der Waals surface area contributed by atoms with Crippen LogP contribution in [-0.2, 0) is 0 Å². The summed E-state index contributed by atoms with van der Waals surface area (Å²) in [6, 6.07) is 9.33. The van der Waals surface area contributed by atoms with Crippen LogP contribution in [0.3, 0.4) is 0 Å². The molecule has 2 unspecified atom stereocenters. The molecule has 2 heteroatoms. The van der Waals surface area contributed by atoms with Gasteiger partial charge in [-0.3, -0.25) is 4.90 Å². The lowest BCUT2D eigenvalue weighted by molar-refractivity contribution is 0.279. The summed E-state index contributed by atoms with van der Waals surface area (Å²) in [5.74, 6) is 0.622. The van der Waals surface area contributed by atoms with Gasteiger partial charge in [0.05, 0.1) is 0 Å². The maximum Gasteiger partial charge on any atom is 0.0385 e. The first-order chi connectivity index (χ1) is 7.22. The normalized spacial score (nSPS) is 27.1. The molecule has 0 aliphatic carbocycles. The molecule has 1 saturated heterocycles. The average Bonchev–Trinajstić information content (AvgIpc) is 2.59. The van der Waals surface area contributed by atoms with Crippen molar-refractivity contribution in [3.05, 3.63) is 35.4 Å². The maximum absolute atomic E-state index is 5.84. The number of aryl methyl sites for hydroxylation is 1. The third-order valence-electron chi connectivity index (χ3n) is 3.46. The zero-order valence-corrected chi connectivity index (χ0v) is 9.61. The van der Waals surface area contributed by atoms with Crippen molar-refractivity contribution >= 4 is 0 Å². The van der Waals surface area contributed by atoms with Gasteiger partial charge in [0, 0.05) is 6.04 Å². The van der Waals surface area contributed by atoms with E-state index in [9.17, 15) is 0 Å². The number of nitrogens with zero attached hydrogens (tertiary/aromatic N) is 1. The van der Waals surface area contributed by atoms with Gasteiger partial charge in [-0.25, -0.2) is 0 Å². The highest BCUT2D eigenvalue weighted by Crippen LogP contribution is 2.35. The van der Waals surface area contributed by atoms with E-state index in [1.165, 1.54) is 24.1 Å². The second kappa shape index (κ2) is 4.33. The predicted molar refractivity (Wildman–Crippen MR) is 63.7 cm³/mol. The van der Waals surface area contributed by atoms with Crippen LogP contribution >= 0.6 is 0 Å². The van der Waals surface area contributed by atoms with Crippen LogP contribution < -0.4 is 5.73 Å². The summed E-state index contributed by atoms with van der Waals surface area (Å²) >= 11 is 0. The molecule has 0 bridgehead atoms. The van der Waals surface area contributed by atoms with Gasteiger partial charge in [0.15, 0.2) is 0 Å². The fraction of sp³-hybridized carbons (Fsp3) is 0.538. The van der Waals surface area contributed by atoms with Crippen molar-refractivity contribution in [1.82, 2.24) is 4.90 Å². The molecule has 2 atom stereocenters. The smallest absolute Gasteiger partial charge is 0.0385 e. The third-order valence-corrected chi connectivity index (χ3v) is 3.46. The highest BCUT2D eigenvalue weighted by atomic mass is 15.2. The van der Waals surface area contributed by atoms with Crippen molar-refractivity contribution in [2.75, 3.05) is 20.1 Å². The van der Waals surface area contributed by atoms with Crippen LogP contribution in [0.25, 0.3) is 0 Å². The van der Waals surface area contributed by atoms with Gasteiger partial charge in [0.2, 0.25) is 0 Å². The van der Waals surface area contributed by atoms with Gasteiger partial charge >= 0.3 is 0 Å². The van der Waals surface area contributed by atoms with Gasteiger partial charge in [-0.15, -0.1) is 0 Å². The second-order valence-corrected chi connectivity index (χ2v) is 4.62. The van der Waals surface area contributed by atoms with E-state index in [1.807, 2.05) is 0 Å². The van der Waals surface area contributed by atoms with Gasteiger partial charge in [-0.2, -0.15) is 0 Å². The molecule has 82 valence electrons. The Morgan fingerprint density at radius 1 is 1.47 bits per heavy atom. The standard InChI is InChI=1S/C13H20N2/c1-10-4-3-5-11(8-10)13-12(9-14)6-7-15(13)2/h3-5,8,12-13H,6-7,9,14H2,1-2H3. The van der Waals surface area contributed by atoms with Crippen LogP contribution in [0, 0.1) is 12.8 Å². The first-order valence-electron chi connectivity index (χ1n) is 5.69. The minimum absolute atomic E-state index is 0.523. The number of nitrogens with two attached hydrogens (primary N) is 1. The molecule has 1 aliphatic heterocycles. The summed E-state index contributed by atoms with van der Waals surface area (Å²) in [7, 11) is 2.20. The molecule has 0 amide bonds. The molecule has 2 N–H and O–H groups in total. The number of hydrogen-bond donors (Lipinski definition) is 1. The average molecular weight is 204 g/mol. The molecular formula is C13H20N2. The molecule has 1 aliphatic rings. The van der Waals surface area contributed by atoms with E-state index in [0.717, 1.165) is 6.54 Å². The van der Waals surface area contributed by atoms with Crippen molar-refractivity contribution in [2.45, 2.75) is 19.4 Å². The van der Waals surface area contributed by atoms with E-state index in [4.69, 9.17) is 5.73 Å². The summed E-state index contributed by atoms with van der Waals surface area (Å²) in [4.78, 5) is 2.42. The van der Waals surface area contributed by atoms with E-state index in [-0.39, 0.29) is 0 Å². The molecule has 1 fully saturated rings. The largest absolute Gasteiger partial charge is 0.330 e. The second-order valence-electron chi connectivity index (χ2n) is 4.62. The van der Waals surface area contributed by atoms with Crippen molar-refractivity contribution in [3.63, 3.8) is 0 Å². The molecule has 0 radical (unpaired) electrons. The molecule has 0 spiro atoms. The Morgan fingerprint density at radius 2 is 2.27 bits per heavy atom. The van der Waals surface area contributed by atoms with Crippen LogP contribution in [0.5, 0.6) is 0 Å². The summed E-state index contributed by atoms with van der Waals surface area (Å²) < 4.78 is 0. The number of likely N-dealkylation sites (tertiary alicyclic amines) is 1. The molecule has 0 saturated carbocycles. The van der Waals surface area contributed by atoms with Crippen molar-refractivity contribution in [1.29, 1.82) is 0 Å². The first kappa shape index (κ1) is 10.7. The van der Waals surface area contributed by atoms with E-state index in [1.54, 1.807) is 0 Å². The van der Waals surface area contributed by atoms with Gasteiger partial charge in [0.25, 0.3) is 0 Å². The Hall–Kier alpha value is -0.860. The molecule has 2 nitrogen and oxygen atoms in total. The van der Waals surface area contributed by atoms with Gasteiger partial charge < -0.3 is 5.73 Å². The SMILES string of the molecule is Cc1cccc(C2C(CN)CCN2C)c1. The lowest BCUT2D eigenvalue weighted by Gasteiger charge is -2.25. The molecular weight excluding hydrogens is 184 g/mol. The molecule has 1 aromatic carbocycles. The predicted octanol–water partition coefficient (Wildman–Crippen LogP) is 1.95. The van der Waals surface area contributed by atoms with Crippen LogP contribution in [-0.4, -0.2) is 25.0 Å².